The smallest absolute Gasteiger partial charge is 0.332 e. The summed E-state index contributed by atoms with van der Waals surface area (Å²) in [6.45, 7) is 1.34. The van der Waals surface area contributed by atoms with Crippen LogP contribution < -0.4 is 5.32 Å². The molecular weight excluding hydrogens is 270 g/mol. The van der Waals surface area contributed by atoms with Crippen molar-refractivity contribution in [3.63, 3.8) is 0 Å². The molecule has 1 atom stereocenters. The average Bonchev–Trinajstić information content (AvgIpc) is 2.47. The summed E-state index contributed by atoms with van der Waals surface area (Å²) >= 11 is 0. The number of fused-ring (bicyclic) bond motifs is 1. The molecule has 0 radical (unpaired) electrons. The Balaban J connectivity index is 2.02. The molecule has 0 saturated heterocycles. The van der Waals surface area contributed by atoms with Gasteiger partial charge in [0.1, 0.15) is 6.61 Å². The van der Waals surface area contributed by atoms with Crippen LogP contribution >= 0.6 is 0 Å². The first kappa shape index (κ1) is 15.0. The predicted molar refractivity (Wildman–Crippen MR) is 80.0 cm³/mol. The van der Waals surface area contributed by atoms with E-state index in [1.54, 1.807) is 0 Å². The molecular formula is C16H17NO4. The Kier molecular flexibility index (Phi) is 4.90. The summed E-state index contributed by atoms with van der Waals surface area (Å²) in [7, 11) is 1.39. The minimum absolute atomic E-state index is 0.173. The second kappa shape index (κ2) is 6.85. The summed E-state index contributed by atoms with van der Waals surface area (Å²) in [6.07, 6.45) is -0.876. The molecule has 5 heteroatoms. The Bertz CT molecular complexity index is 654. The van der Waals surface area contributed by atoms with Crippen molar-refractivity contribution in [1.29, 1.82) is 0 Å². The van der Waals surface area contributed by atoms with E-state index in [2.05, 4.69) is 10.1 Å². The molecule has 0 unspecified atom stereocenters. The second-order valence-corrected chi connectivity index (χ2v) is 4.62. The van der Waals surface area contributed by atoms with Crippen LogP contribution in [0, 0.1) is 0 Å². The van der Waals surface area contributed by atoms with E-state index in [9.17, 15) is 9.59 Å². The SMILES string of the molecule is COCC(=O)O[C@H](C)C(=O)Nc1ccc2ccccc2c1. The highest BCUT2D eigenvalue weighted by Crippen LogP contribution is 2.19. The topological polar surface area (TPSA) is 64.6 Å². The van der Waals surface area contributed by atoms with E-state index in [0.29, 0.717) is 5.69 Å². The summed E-state index contributed by atoms with van der Waals surface area (Å²) in [4.78, 5) is 23.2. The number of amides is 1. The third-order valence-electron chi connectivity index (χ3n) is 2.96. The number of esters is 1. The van der Waals surface area contributed by atoms with Crippen LogP contribution in [0.1, 0.15) is 6.92 Å². The first-order valence-corrected chi connectivity index (χ1v) is 6.58. The number of benzene rings is 2. The third kappa shape index (κ3) is 4.03. The molecule has 110 valence electrons. The number of anilines is 1. The number of hydrogen-bond acceptors (Lipinski definition) is 4. The van der Waals surface area contributed by atoms with Crippen molar-refractivity contribution in [3.05, 3.63) is 42.5 Å². The van der Waals surface area contributed by atoms with Gasteiger partial charge >= 0.3 is 5.97 Å². The Morgan fingerprint density at radius 3 is 2.57 bits per heavy atom. The predicted octanol–water partition coefficient (Wildman–Crippen LogP) is 2.36. The highest BCUT2D eigenvalue weighted by molar-refractivity contribution is 5.97. The third-order valence-corrected chi connectivity index (χ3v) is 2.96. The van der Waals surface area contributed by atoms with Crippen molar-refractivity contribution >= 4 is 28.3 Å². The molecule has 0 saturated carbocycles. The van der Waals surface area contributed by atoms with Crippen molar-refractivity contribution < 1.29 is 19.1 Å². The summed E-state index contributed by atoms with van der Waals surface area (Å²) in [6, 6.07) is 13.5. The van der Waals surface area contributed by atoms with E-state index in [1.807, 2.05) is 42.5 Å². The number of nitrogens with one attached hydrogen (secondary N) is 1. The number of carbonyl (C=O) groups excluding carboxylic acids is 2. The quantitative estimate of drug-likeness (QED) is 0.857. The van der Waals surface area contributed by atoms with E-state index >= 15 is 0 Å². The molecule has 0 aliphatic heterocycles. The molecule has 0 fully saturated rings. The molecule has 2 aromatic rings. The maximum Gasteiger partial charge on any atom is 0.332 e. The normalized spacial score (nSPS) is 11.9. The van der Waals surface area contributed by atoms with E-state index in [4.69, 9.17) is 4.74 Å². The van der Waals surface area contributed by atoms with E-state index in [1.165, 1.54) is 14.0 Å². The molecule has 0 spiro atoms. The lowest BCUT2D eigenvalue weighted by atomic mass is 10.1. The molecule has 0 aliphatic rings. The number of methoxy groups -OCH3 is 1. The van der Waals surface area contributed by atoms with Crippen molar-refractivity contribution in [3.8, 4) is 0 Å². The minimum atomic E-state index is -0.876. The van der Waals surface area contributed by atoms with E-state index in [-0.39, 0.29) is 12.5 Å². The minimum Gasteiger partial charge on any atom is -0.451 e. The van der Waals surface area contributed by atoms with Gasteiger partial charge in [-0.2, -0.15) is 0 Å². The largest absolute Gasteiger partial charge is 0.451 e. The van der Waals surface area contributed by atoms with Gasteiger partial charge in [-0.05, 0) is 29.8 Å². The van der Waals surface area contributed by atoms with Gasteiger partial charge in [0.15, 0.2) is 6.10 Å². The average molecular weight is 287 g/mol. The number of rotatable bonds is 5. The van der Waals surface area contributed by atoms with Gasteiger partial charge < -0.3 is 14.8 Å². The molecule has 0 aromatic heterocycles. The Labute approximate surface area is 122 Å². The van der Waals surface area contributed by atoms with E-state index in [0.717, 1.165) is 10.8 Å². The summed E-state index contributed by atoms with van der Waals surface area (Å²) < 4.78 is 9.58. The van der Waals surface area contributed by atoms with Crippen molar-refractivity contribution in [2.45, 2.75) is 13.0 Å². The zero-order valence-corrected chi connectivity index (χ0v) is 12.0. The maximum absolute atomic E-state index is 12.0. The van der Waals surface area contributed by atoms with Gasteiger partial charge in [-0.3, -0.25) is 4.79 Å². The standard InChI is InChI=1S/C16H17NO4/c1-11(21-15(18)10-20-2)16(19)17-14-8-7-12-5-3-4-6-13(12)9-14/h3-9,11H,10H2,1-2H3,(H,17,19)/t11-/m1/s1. The molecule has 5 nitrogen and oxygen atoms in total. The Hall–Kier alpha value is -2.40. The monoisotopic (exact) mass is 287 g/mol. The van der Waals surface area contributed by atoms with Gasteiger partial charge in [0.2, 0.25) is 0 Å². The van der Waals surface area contributed by atoms with Crippen LogP contribution in [0.25, 0.3) is 10.8 Å². The molecule has 0 heterocycles. The lowest BCUT2D eigenvalue weighted by Crippen LogP contribution is -2.31. The molecule has 2 rings (SSSR count). The molecule has 0 bridgehead atoms. The highest BCUT2D eigenvalue weighted by Gasteiger charge is 2.17. The van der Waals surface area contributed by atoms with Gasteiger partial charge in [-0.25, -0.2) is 4.79 Å². The van der Waals surface area contributed by atoms with E-state index < -0.39 is 12.1 Å². The number of hydrogen-bond donors (Lipinski definition) is 1. The Morgan fingerprint density at radius 2 is 1.86 bits per heavy atom. The highest BCUT2D eigenvalue weighted by atomic mass is 16.6. The first-order chi connectivity index (χ1) is 10.1. The first-order valence-electron chi connectivity index (χ1n) is 6.58. The molecule has 1 N–H and O–H groups in total. The van der Waals surface area contributed by atoms with Crippen LogP contribution in [-0.4, -0.2) is 31.7 Å². The van der Waals surface area contributed by atoms with Crippen LogP contribution in [0.4, 0.5) is 5.69 Å². The number of carbonyl (C=O) groups is 2. The van der Waals surface area contributed by atoms with Crippen LogP contribution in [0.2, 0.25) is 0 Å². The summed E-state index contributed by atoms with van der Waals surface area (Å²) in [5, 5.41) is 4.84. The second-order valence-electron chi connectivity index (χ2n) is 4.62. The maximum atomic E-state index is 12.0. The molecule has 1 amide bonds. The number of ether oxygens (including phenoxy) is 2. The molecule has 2 aromatic carbocycles. The molecule has 21 heavy (non-hydrogen) atoms. The fourth-order valence-electron chi connectivity index (χ4n) is 1.91. The van der Waals surface area contributed by atoms with Crippen molar-refractivity contribution in [2.24, 2.45) is 0 Å². The molecule has 0 aliphatic carbocycles. The summed E-state index contributed by atoms with van der Waals surface area (Å²) in [5.74, 6) is -0.951. The van der Waals surface area contributed by atoms with Gasteiger partial charge in [-0.1, -0.05) is 30.3 Å². The fraction of sp³-hybridized carbons (Fsp3) is 0.250. The van der Waals surface area contributed by atoms with Crippen LogP contribution in [-0.2, 0) is 19.1 Å². The fourth-order valence-corrected chi connectivity index (χ4v) is 1.91. The van der Waals surface area contributed by atoms with Gasteiger partial charge in [-0.15, -0.1) is 0 Å². The van der Waals surface area contributed by atoms with Gasteiger partial charge in [0, 0.05) is 12.8 Å². The Morgan fingerprint density at radius 1 is 1.14 bits per heavy atom. The van der Waals surface area contributed by atoms with Gasteiger partial charge in [0.05, 0.1) is 0 Å². The van der Waals surface area contributed by atoms with Crippen molar-refractivity contribution in [2.75, 3.05) is 19.0 Å². The lowest BCUT2D eigenvalue weighted by molar-refractivity contribution is -0.156. The summed E-state index contributed by atoms with van der Waals surface area (Å²) in [5.41, 5.74) is 0.661. The van der Waals surface area contributed by atoms with Crippen LogP contribution in [0.3, 0.4) is 0 Å². The van der Waals surface area contributed by atoms with Crippen molar-refractivity contribution in [1.82, 2.24) is 0 Å². The zero-order chi connectivity index (χ0) is 15.2. The lowest BCUT2D eigenvalue weighted by Gasteiger charge is -2.13. The van der Waals surface area contributed by atoms with Crippen LogP contribution in [0.15, 0.2) is 42.5 Å². The van der Waals surface area contributed by atoms with Crippen LogP contribution in [0.5, 0.6) is 0 Å². The zero-order valence-electron chi connectivity index (χ0n) is 12.0. The van der Waals surface area contributed by atoms with Gasteiger partial charge in [0.25, 0.3) is 5.91 Å².